The summed E-state index contributed by atoms with van der Waals surface area (Å²) >= 11 is 7.73. The molecule has 0 fully saturated rings. The standard InChI is InChI=1S/C19H19ClN2OS/c1-11(2)13-9-8-12(3)15(10-13)21-22-19(23)18-17(20)14-6-4-5-7-16(14)24-18/h4-8,13H,1,9-10H2,2-3H3,(H,22,23)/b21-15+. The van der Waals surface area contributed by atoms with Crippen LogP contribution in [0.5, 0.6) is 0 Å². The minimum Gasteiger partial charge on any atom is -0.266 e. The van der Waals surface area contributed by atoms with Gasteiger partial charge in [0.25, 0.3) is 5.91 Å². The third-order valence-corrected chi connectivity index (χ3v) is 6.01. The quantitative estimate of drug-likeness (QED) is 0.565. The highest BCUT2D eigenvalue weighted by Gasteiger charge is 2.20. The molecule has 1 aliphatic carbocycles. The van der Waals surface area contributed by atoms with Crippen LogP contribution in [-0.2, 0) is 0 Å². The van der Waals surface area contributed by atoms with Crippen LogP contribution in [0.2, 0.25) is 5.02 Å². The summed E-state index contributed by atoms with van der Waals surface area (Å²) in [5.41, 5.74) is 5.82. The Labute approximate surface area is 150 Å². The number of carbonyl (C=O) groups excluding carboxylic acids is 1. The van der Waals surface area contributed by atoms with Gasteiger partial charge in [0.2, 0.25) is 0 Å². The van der Waals surface area contributed by atoms with Crippen molar-refractivity contribution in [2.24, 2.45) is 11.0 Å². The van der Waals surface area contributed by atoms with Gasteiger partial charge in [-0.2, -0.15) is 5.10 Å². The lowest BCUT2D eigenvalue weighted by Gasteiger charge is -2.22. The van der Waals surface area contributed by atoms with E-state index in [9.17, 15) is 4.79 Å². The van der Waals surface area contributed by atoms with Crippen LogP contribution in [0.15, 0.2) is 53.2 Å². The predicted molar refractivity (Wildman–Crippen MR) is 103 cm³/mol. The molecule has 1 aromatic carbocycles. The van der Waals surface area contributed by atoms with Gasteiger partial charge in [-0.05, 0) is 44.2 Å². The van der Waals surface area contributed by atoms with E-state index in [2.05, 4.69) is 23.2 Å². The zero-order valence-corrected chi connectivity index (χ0v) is 15.3. The van der Waals surface area contributed by atoms with E-state index in [0.717, 1.165) is 39.8 Å². The van der Waals surface area contributed by atoms with Crippen molar-refractivity contribution in [2.75, 3.05) is 0 Å². The van der Waals surface area contributed by atoms with Gasteiger partial charge >= 0.3 is 0 Å². The summed E-state index contributed by atoms with van der Waals surface area (Å²) < 4.78 is 0.997. The number of carbonyl (C=O) groups is 1. The van der Waals surface area contributed by atoms with Gasteiger partial charge in [-0.15, -0.1) is 11.3 Å². The van der Waals surface area contributed by atoms with E-state index in [1.807, 2.05) is 38.1 Å². The molecule has 0 aliphatic heterocycles. The van der Waals surface area contributed by atoms with Crippen LogP contribution in [0.4, 0.5) is 0 Å². The largest absolute Gasteiger partial charge is 0.283 e. The lowest BCUT2D eigenvalue weighted by Crippen LogP contribution is -2.22. The second-order valence-corrected chi connectivity index (χ2v) is 7.54. The highest BCUT2D eigenvalue weighted by molar-refractivity contribution is 7.21. The second kappa shape index (κ2) is 6.91. The Kier molecular flexibility index (Phi) is 4.88. The first-order chi connectivity index (χ1) is 11.5. The SMILES string of the molecule is C=C(C)C1CC=C(C)/C(=N/NC(=O)c2sc3ccccc3c2Cl)C1. The molecule has 0 saturated heterocycles. The summed E-state index contributed by atoms with van der Waals surface area (Å²) in [6.07, 6.45) is 3.94. The molecule has 124 valence electrons. The number of hydrogen-bond donors (Lipinski definition) is 1. The maximum absolute atomic E-state index is 12.5. The first kappa shape index (κ1) is 16.9. The molecule has 1 heterocycles. The van der Waals surface area contributed by atoms with Crippen molar-refractivity contribution in [3.63, 3.8) is 0 Å². The number of hydrazone groups is 1. The normalized spacial score (nSPS) is 19.4. The highest BCUT2D eigenvalue weighted by Crippen LogP contribution is 2.35. The zero-order chi connectivity index (χ0) is 17.3. The van der Waals surface area contributed by atoms with Crippen molar-refractivity contribution in [3.8, 4) is 0 Å². The molecule has 1 unspecified atom stereocenters. The number of thiophene rings is 1. The van der Waals surface area contributed by atoms with Gasteiger partial charge in [-0.3, -0.25) is 4.79 Å². The number of rotatable bonds is 3. The lowest BCUT2D eigenvalue weighted by molar-refractivity contribution is 0.0959. The number of amides is 1. The summed E-state index contributed by atoms with van der Waals surface area (Å²) in [5.74, 6) is 0.121. The minimum absolute atomic E-state index is 0.265. The molecule has 1 amide bonds. The number of nitrogens with zero attached hydrogens (tertiary/aromatic N) is 1. The third kappa shape index (κ3) is 3.30. The predicted octanol–water partition coefficient (Wildman–Crippen LogP) is 5.57. The molecule has 0 spiro atoms. The van der Waals surface area contributed by atoms with Crippen LogP contribution < -0.4 is 5.43 Å². The molecule has 0 saturated carbocycles. The van der Waals surface area contributed by atoms with Gasteiger partial charge in [0.05, 0.1) is 10.7 Å². The number of allylic oxidation sites excluding steroid dienone is 3. The lowest BCUT2D eigenvalue weighted by atomic mass is 9.85. The molecule has 3 nitrogen and oxygen atoms in total. The number of halogens is 1. The molecule has 3 rings (SSSR count). The van der Waals surface area contributed by atoms with Crippen molar-refractivity contribution in [1.82, 2.24) is 5.43 Å². The molecule has 0 radical (unpaired) electrons. The van der Waals surface area contributed by atoms with Crippen molar-refractivity contribution < 1.29 is 4.79 Å². The van der Waals surface area contributed by atoms with Gasteiger partial charge in [-0.1, -0.05) is 48.0 Å². The fourth-order valence-corrected chi connectivity index (χ4v) is 4.16. The van der Waals surface area contributed by atoms with E-state index in [-0.39, 0.29) is 5.91 Å². The average molecular weight is 359 g/mol. The fraction of sp³-hybridized carbons (Fsp3) is 0.263. The van der Waals surface area contributed by atoms with Crippen LogP contribution in [0.1, 0.15) is 36.4 Å². The molecule has 2 aromatic rings. The maximum atomic E-state index is 12.5. The van der Waals surface area contributed by atoms with Gasteiger partial charge in [0, 0.05) is 10.1 Å². The number of benzene rings is 1. The molecule has 1 N–H and O–H groups in total. The molecular weight excluding hydrogens is 340 g/mol. The number of hydrogen-bond acceptors (Lipinski definition) is 3. The second-order valence-electron chi connectivity index (χ2n) is 6.11. The summed E-state index contributed by atoms with van der Waals surface area (Å²) in [6, 6.07) is 7.73. The highest BCUT2D eigenvalue weighted by atomic mass is 35.5. The van der Waals surface area contributed by atoms with Crippen molar-refractivity contribution in [1.29, 1.82) is 0 Å². The van der Waals surface area contributed by atoms with Crippen LogP contribution >= 0.6 is 22.9 Å². The molecule has 1 atom stereocenters. The van der Waals surface area contributed by atoms with Crippen molar-refractivity contribution in [2.45, 2.75) is 26.7 Å². The first-order valence-electron chi connectivity index (χ1n) is 7.84. The third-order valence-electron chi connectivity index (χ3n) is 4.33. The van der Waals surface area contributed by atoms with Crippen molar-refractivity contribution in [3.05, 3.63) is 58.0 Å². The van der Waals surface area contributed by atoms with E-state index in [4.69, 9.17) is 11.6 Å². The maximum Gasteiger partial charge on any atom is 0.283 e. The fourth-order valence-electron chi connectivity index (χ4n) is 2.75. The van der Waals surface area contributed by atoms with Crippen LogP contribution in [0, 0.1) is 5.92 Å². The summed E-state index contributed by atoms with van der Waals surface area (Å²) in [6.45, 7) is 8.08. The zero-order valence-electron chi connectivity index (χ0n) is 13.7. The average Bonchev–Trinajstić information content (AvgIpc) is 2.91. The molecule has 24 heavy (non-hydrogen) atoms. The smallest absolute Gasteiger partial charge is 0.266 e. The summed E-state index contributed by atoms with van der Waals surface area (Å²) in [5, 5.41) is 5.73. The summed E-state index contributed by atoms with van der Waals surface area (Å²) in [7, 11) is 0. The Balaban J connectivity index is 1.81. The Morgan fingerprint density at radius 2 is 2.17 bits per heavy atom. The van der Waals surface area contributed by atoms with Crippen LogP contribution in [0.3, 0.4) is 0 Å². The van der Waals surface area contributed by atoms with E-state index in [1.165, 1.54) is 11.3 Å². The van der Waals surface area contributed by atoms with Crippen LogP contribution in [-0.4, -0.2) is 11.6 Å². The van der Waals surface area contributed by atoms with E-state index in [1.54, 1.807) is 0 Å². The molecule has 1 aromatic heterocycles. The number of nitrogens with one attached hydrogen (secondary N) is 1. The molecule has 5 heteroatoms. The minimum atomic E-state index is -0.265. The van der Waals surface area contributed by atoms with E-state index in [0.29, 0.717) is 15.8 Å². The monoisotopic (exact) mass is 358 g/mol. The van der Waals surface area contributed by atoms with Gasteiger partial charge < -0.3 is 0 Å². The number of fused-ring (bicyclic) bond motifs is 1. The first-order valence-corrected chi connectivity index (χ1v) is 9.03. The Morgan fingerprint density at radius 3 is 2.88 bits per heavy atom. The van der Waals surface area contributed by atoms with E-state index >= 15 is 0 Å². The van der Waals surface area contributed by atoms with Gasteiger partial charge in [0.1, 0.15) is 4.88 Å². The van der Waals surface area contributed by atoms with Crippen LogP contribution in [0.25, 0.3) is 10.1 Å². The molecule has 1 aliphatic rings. The topological polar surface area (TPSA) is 41.5 Å². The van der Waals surface area contributed by atoms with Gasteiger partial charge in [0.15, 0.2) is 0 Å². The Hall–Kier alpha value is -1.91. The van der Waals surface area contributed by atoms with E-state index < -0.39 is 0 Å². The van der Waals surface area contributed by atoms with Gasteiger partial charge in [-0.25, -0.2) is 5.43 Å². The molecular formula is C19H19ClN2OS. The Morgan fingerprint density at radius 1 is 1.42 bits per heavy atom. The molecule has 0 bridgehead atoms. The Bertz CT molecular complexity index is 879. The summed E-state index contributed by atoms with van der Waals surface area (Å²) in [4.78, 5) is 13.0. The van der Waals surface area contributed by atoms with Crippen molar-refractivity contribution >= 4 is 44.6 Å².